The van der Waals surface area contributed by atoms with Crippen LogP contribution in [0.25, 0.3) is 0 Å². The van der Waals surface area contributed by atoms with Gasteiger partial charge >= 0.3 is 0 Å². The number of rotatable bonds is 9. The van der Waals surface area contributed by atoms with Crippen molar-refractivity contribution in [1.29, 1.82) is 0 Å². The number of hydrogen-bond acceptors (Lipinski definition) is 2. The van der Waals surface area contributed by atoms with Gasteiger partial charge < -0.3 is 0 Å². The summed E-state index contributed by atoms with van der Waals surface area (Å²) >= 11 is 0. The van der Waals surface area contributed by atoms with Gasteiger partial charge in [-0.15, -0.1) is 17.5 Å². The minimum atomic E-state index is 0. The number of unbranched alkanes of at least 4 members (excludes halogenated alkanes) is 3. The summed E-state index contributed by atoms with van der Waals surface area (Å²) in [5, 5.41) is 8.72. The standard InChI is InChI=1S/C21H35N3.ClH/c1-2-3-4-5-7-20-15-24(23-22-20)9-6-8-21-18-11-16-10-17(13-18)14-19(21)12-16;/h15-19,21H,2-14H2,1H3;1H. The van der Waals surface area contributed by atoms with Crippen LogP contribution in [0.2, 0.25) is 0 Å². The Bertz CT molecular complexity index is 499. The maximum absolute atomic E-state index is 4.37. The van der Waals surface area contributed by atoms with Gasteiger partial charge in [-0.3, -0.25) is 4.68 Å². The topological polar surface area (TPSA) is 30.7 Å². The van der Waals surface area contributed by atoms with Gasteiger partial charge in [0.2, 0.25) is 0 Å². The Morgan fingerprint density at radius 3 is 2.36 bits per heavy atom. The van der Waals surface area contributed by atoms with E-state index in [1.54, 1.807) is 32.1 Å². The van der Waals surface area contributed by atoms with Gasteiger partial charge in [0.15, 0.2) is 0 Å². The van der Waals surface area contributed by atoms with E-state index in [2.05, 4.69) is 28.1 Å². The van der Waals surface area contributed by atoms with Crippen molar-refractivity contribution in [3.8, 4) is 0 Å². The van der Waals surface area contributed by atoms with Gasteiger partial charge in [-0.25, -0.2) is 0 Å². The SMILES string of the molecule is CCCCCCc1cn(CCCC2C3CC4CC(C3)CC2C4)nn1.Cl. The molecule has 0 spiro atoms. The molecule has 4 heteroatoms. The smallest absolute Gasteiger partial charge is 0.0827 e. The molecule has 0 radical (unpaired) electrons. The Morgan fingerprint density at radius 2 is 1.68 bits per heavy atom. The molecule has 4 fully saturated rings. The van der Waals surface area contributed by atoms with Crippen molar-refractivity contribution in [2.24, 2.45) is 29.6 Å². The predicted molar refractivity (Wildman–Crippen MR) is 105 cm³/mol. The molecule has 0 atom stereocenters. The average molecular weight is 366 g/mol. The highest BCUT2D eigenvalue weighted by Gasteiger charge is 2.47. The normalized spacial score (nSPS) is 32.8. The highest BCUT2D eigenvalue weighted by Crippen LogP contribution is 2.57. The minimum Gasteiger partial charge on any atom is -0.252 e. The number of halogens is 1. The van der Waals surface area contributed by atoms with Gasteiger partial charge in [0.05, 0.1) is 5.69 Å². The third kappa shape index (κ3) is 4.59. The molecule has 142 valence electrons. The Morgan fingerprint density at radius 1 is 0.960 bits per heavy atom. The largest absolute Gasteiger partial charge is 0.252 e. The van der Waals surface area contributed by atoms with E-state index in [-0.39, 0.29) is 12.4 Å². The number of aryl methyl sites for hydroxylation is 2. The summed E-state index contributed by atoms with van der Waals surface area (Å²) in [5.41, 5.74) is 1.20. The molecule has 1 aromatic heterocycles. The monoisotopic (exact) mass is 365 g/mol. The maximum Gasteiger partial charge on any atom is 0.0827 e. The highest BCUT2D eigenvalue weighted by molar-refractivity contribution is 5.85. The molecule has 3 nitrogen and oxygen atoms in total. The quantitative estimate of drug-likeness (QED) is 0.527. The van der Waals surface area contributed by atoms with E-state index in [1.807, 2.05) is 0 Å². The Hall–Kier alpha value is -0.570. The van der Waals surface area contributed by atoms with Crippen LogP contribution in [-0.4, -0.2) is 15.0 Å². The zero-order chi connectivity index (χ0) is 16.4. The van der Waals surface area contributed by atoms with E-state index in [9.17, 15) is 0 Å². The second-order valence-corrected chi connectivity index (χ2v) is 9.02. The molecule has 4 aliphatic carbocycles. The number of hydrogen-bond donors (Lipinski definition) is 0. The molecule has 4 saturated carbocycles. The third-order valence-electron chi connectivity index (χ3n) is 7.22. The van der Waals surface area contributed by atoms with Crippen molar-refractivity contribution < 1.29 is 0 Å². The number of aromatic nitrogens is 3. The van der Waals surface area contributed by atoms with Crippen LogP contribution in [0.1, 0.15) is 83.2 Å². The second-order valence-electron chi connectivity index (χ2n) is 9.02. The van der Waals surface area contributed by atoms with Crippen molar-refractivity contribution in [3.63, 3.8) is 0 Å². The summed E-state index contributed by atoms with van der Waals surface area (Å²) in [5.74, 6) is 5.40. The molecule has 0 amide bonds. The van der Waals surface area contributed by atoms with Gasteiger partial charge in [0.25, 0.3) is 0 Å². The molecular formula is C21H36ClN3. The molecule has 1 aromatic rings. The van der Waals surface area contributed by atoms with E-state index >= 15 is 0 Å². The summed E-state index contributed by atoms with van der Waals surface area (Å²) in [6.07, 6.45) is 19.1. The summed E-state index contributed by atoms with van der Waals surface area (Å²) in [6, 6.07) is 0. The first-order valence-electron chi connectivity index (χ1n) is 10.7. The molecular weight excluding hydrogens is 330 g/mol. The summed E-state index contributed by atoms with van der Waals surface area (Å²) in [4.78, 5) is 0. The zero-order valence-electron chi connectivity index (χ0n) is 15.9. The molecule has 4 bridgehead atoms. The lowest BCUT2D eigenvalue weighted by atomic mass is 9.51. The van der Waals surface area contributed by atoms with Crippen molar-refractivity contribution in [3.05, 3.63) is 11.9 Å². The molecule has 0 N–H and O–H groups in total. The highest BCUT2D eigenvalue weighted by atomic mass is 35.5. The van der Waals surface area contributed by atoms with Crippen molar-refractivity contribution in [1.82, 2.24) is 15.0 Å². The van der Waals surface area contributed by atoms with Crippen molar-refractivity contribution in [2.75, 3.05) is 0 Å². The molecule has 0 unspecified atom stereocenters. The molecule has 0 aliphatic heterocycles. The summed E-state index contributed by atoms with van der Waals surface area (Å²) in [7, 11) is 0. The molecule has 4 aliphatic rings. The molecule has 1 heterocycles. The maximum atomic E-state index is 4.37. The van der Waals surface area contributed by atoms with Gasteiger partial charge in [-0.2, -0.15) is 0 Å². The van der Waals surface area contributed by atoms with Gasteiger partial charge in [-0.1, -0.05) is 31.4 Å². The van der Waals surface area contributed by atoms with Gasteiger partial charge in [-0.05, 0) is 87.4 Å². The lowest BCUT2D eigenvalue weighted by molar-refractivity contribution is -0.0406. The summed E-state index contributed by atoms with van der Waals surface area (Å²) in [6.45, 7) is 3.34. The van der Waals surface area contributed by atoms with E-state index in [0.29, 0.717) is 0 Å². The van der Waals surface area contributed by atoms with Crippen LogP contribution in [0.3, 0.4) is 0 Å². The predicted octanol–water partition coefficient (Wildman–Crippen LogP) is 5.68. The Balaban J connectivity index is 0.00000182. The molecule has 0 aromatic carbocycles. The zero-order valence-corrected chi connectivity index (χ0v) is 16.7. The van der Waals surface area contributed by atoms with Crippen LogP contribution in [0.5, 0.6) is 0 Å². The van der Waals surface area contributed by atoms with Crippen LogP contribution in [0.15, 0.2) is 6.20 Å². The fourth-order valence-corrected chi connectivity index (χ4v) is 6.29. The van der Waals surface area contributed by atoms with Crippen LogP contribution >= 0.6 is 12.4 Å². The Labute approximate surface area is 159 Å². The van der Waals surface area contributed by atoms with Gasteiger partial charge in [0, 0.05) is 12.7 Å². The van der Waals surface area contributed by atoms with E-state index < -0.39 is 0 Å². The summed E-state index contributed by atoms with van der Waals surface area (Å²) < 4.78 is 2.10. The van der Waals surface area contributed by atoms with Crippen molar-refractivity contribution >= 4 is 12.4 Å². The molecule has 25 heavy (non-hydrogen) atoms. The van der Waals surface area contributed by atoms with Crippen LogP contribution < -0.4 is 0 Å². The van der Waals surface area contributed by atoms with Crippen molar-refractivity contribution in [2.45, 2.75) is 90.5 Å². The first kappa shape index (κ1) is 19.2. The van der Waals surface area contributed by atoms with Crippen LogP contribution in [0, 0.1) is 29.6 Å². The third-order valence-corrected chi connectivity index (χ3v) is 7.22. The molecule has 0 saturated heterocycles. The Kier molecular flexibility index (Phi) is 6.82. The molecule has 5 rings (SSSR count). The number of nitrogens with zero attached hydrogens (tertiary/aromatic N) is 3. The van der Waals surface area contributed by atoms with Crippen LogP contribution in [0.4, 0.5) is 0 Å². The second kappa shape index (κ2) is 8.88. The first-order valence-corrected chi connectivity index (χ1v) is 10.7. The lowest BCUT2D eigenvalue weighted by Crippen LogP contribution is -2.45. The fraction of sp³-hybridized carbons (Fsp3) is 0.905. The van der Waals surface area contributed by atoms with E-state index in [4.69, 9.17) is 0 Å². The minimum absolute atomic E-state index is 0. The van der Waals surface area contributed by atoms with Crippen LogP contribution in [-0.2, 0) is 13.0 Å². The first-order chi connectivity index (χ1) is 11.8. The van der Waals surface area contributed by atoms with Gasteiger partial charge in [0.1, 0.15) is 0 Å². The van der Waals surface area contributed by atoms with E-state index in [0.717, 1.165) is 42.6 Å². The van der Waals surface area contributed by atoms with E-state index in [1.165, 1.54) is 44.2 Å². The fourth-order valence-electron chi connectivity index (χ4n) is 6.29. The average Bonchev–Trinajstić information content (AvgIpc) is 3.01. The lowest BCUT2D eigenvalue weighted by Gasteiger charge is -2.54.